The maximum absolute atomic E-state index is 10.7. The largest absolute Gasteiger partial charge is 0.363 e. The first-order chi connectivity index (χ1) is 10.6. The predicted octanol–water partition coefficient (Wildman–Crippen LogP) is 2.23. The minimum Gasteiger partial charge on any atom is -0.363 e. The third kappa shape index (κ3) is 2.90. The number of rotatable bonds is 4. The van der Waals surface area contributed by atoms with E-state index < -0.39 is 4.92 Å². The Morgan fingerprint density at radius 2 is 2.23 bits per heavy atom. The van der Waals surface area contributed by atoms with Crippen molar-refractivity contribution in [3.63, 3.8) is 0 Å². The second-order valence-corrected chi connectivity index (χ2v) is 5.46. The van der Waals surface area contributed by atoms with E-state index in [0.29, 0.717) is 12.4 Å². The Labute approximate surface area is 127 Å². The van der Waals surface area contributed by atoms with Crippen LogP contribution in [0, 0.1) is 17.0 Å². The van der Waals surface area contributed by atoms with E-state index in [-0.39, 0.29) is 5.69 Å². The lowest BCUT2D eigenvalue weighted by atomic mass is 10.2. The maximum atomic E-state index is 10.7. The molecule has 0 bridgehead atoms. The van der Waals surface area contributed by atoms with E-state index in [4.69, 9.17) is 0 Å². The zero-order chi connectivity index (χ0) is 15.5. The Morgan fingerprint density at radius 3 is 3.00 bits per heavy atom. The zero-order valence-electron chi connectivity index (χ0n) is 12.4. The highest BCUT2D eigenvalue weighted by atomic mass is 16.6. The second kappa shape index (κ2) is 6.08. The number of hydrogen-bond donors (Lipinski definition) is 1. The summed E-state index contributed by atoms with van der Waals surface area (Å²) in [5.41, 5.74) is 0.740. The van der Waals surface area contributed by atoms with E-state index in [0.717, 1.165) is 43.0 Å². The molecule has 22 heavy (non-hydrogen) atoms. The summed E-state index contributed by atoms with van der Waals surface area (Å²) < 4.78 is 2.17. The average Bonchev–Trinajstić information content (AvgIpc) is 2.73. The summed E-state index contributed by atoms with van der Waals surface area (Å²) in [5, 5.41) is 22.4. The van der Waals surface area contributed by atoms with Crippen molar-refractivity contribution >= 4 is 11.5 Å². The molecule has 2 aromatic rings. The molecule has 0 aliphatic carbocycles. The van der Waals surface area contributed by atoms with Gasteiger partial charge in [0.25, 0.3) is 5.69 Å². The van der Waals surface area contributed by atoms with Crippen molar-refractivity contribution in [1.82, 2.24) is 19.7 Å². The van der Waals surface area contributed by atoms with Gasteiger partial charge in [0.2, 0.25) is 0 Å². The van der Waals surface area contributed by atoms with Crippen molar-refractivity contribution in [2.75, 3.05) is 5.32 Å². The van der Waals surface area contributed by atoms with Crippen molar-refractivity contribution in [2.45, 2.75) is 45.7 Å². The van der Waals surface area contributed by atoms with Crippen LogP contribution in [0.25, 0.3) is 0 Å². The van der Waals surface area contributed by atoms with Crippen molar-refractivity contribution in [3.05, 3.63) is 39.6 Å². The van der Waals surface area contributed by atoms with E-state index in [9.17, 15) is 10.1 Å². The third-order valence-corrected chi connectivity index (χ3v) is 3.87. The van der Waals surface area contributed by atoms with Crippen LogP contribution in [-0.4, -0.2) is 24.7 Å². The van der Waals surface area contributed by atoms with E-state index >= 15 is 0 Å². The van der Waals surface area contributed by atoms with Crippen LogP contribution in [0.3, 0.4) is 0 Å². The molecule has 0 amide bonds. The van der Waals surface area contributed by atoms with E-state index in [1.54, 1.807) is 6.92 Å². The minimum atomic E-state index is -0.442. The molecule has 116 valence electrons. The van der Waals surface area contributed by atoms with Crippen LogP contribution in [0.1, 0.15) is 36.5 Å². The number of nitrogens with one attached hydrogen (secondary N) is 1. The number of hydrogen-bond acceptors (Lipinski definition) is 6. The molecule has 2 aromatic heterocycles. The van der Waals surface area contributed by atoms with Crippen LogP contribution in [0.15, 0.2) is 12.3 Å². The fourth-order valence-corrected chi connectivity index (χ4v) is 2.68. The summed E-state index contributed by atoms with van der Waals surface area (Å²) in [6, 6.07) is 1.51. The molecule has 0 radical (unpaired) electrons. The fourth-order valence-electron chi connectivity index (χ4n) is 2.68. The number of fused-ring (bicyclic) bond motifs is 1. The monoisotopic (exact) mass is 302 g/mol. The highest BCUT2D eigenvalue weighted by Gasteiger charge is 2.15. The van der Waals surface area contributed by atoms with Gasteiger partial charge in [-0.25, -0.2) is 4.98 Å². The smallest absolute Gasteiger partial charge is 0.287 e. The standard InChI is InChI=1S/C14H18N6O2/c1-10-7-11(20(21)22)8-15-14(10)16-9-13-18-17-12-5-3-2-4-6-19(12)13/h7-8H,2-6,9H2,1H3,(H,15,16). The first kappa shape index (κ1) is 14.4. The zero-order valence-corrected chi connectivity index (χ0v) is 12.4. The van der Waals surface area contributed by atoms with Crippen molar-refractivity contribution < 1.29 is 4.92 Å². The van der Waals surface area contributed by atoms with Crippen molar-refractivity contribution in [3.8, 4) is 0 Å². The molecule has 0 spiro atoms. The van der Waals surface area contributed by atoms with Gasteiger partial charge in [0.1, 0.15) is 17.8 Å². The van der Waals surface area contributed by atoms with Gasteiger partial charge in [-0.2, -0.15) is 0 Å². The summed E-state index contributed by atoms with van der Waals surface area (Å²) in [5.74, 6) is 2.57. The summed E-state index contributed by atoms with van der Waals surface area (Å²) in [6.45, 7) is 3.26. The molecule has 0 saturated heterocycles. The third-order valence-electron chi connectivity index (χ3n) is 3.87. The second-order valence-electron chi connectivity index (χ2n) is 5.46. The summed E-state index contributed by atoms with van der Waals surface area (Å²) in [6.07, 6.45) is 5.77. The summed E-state index contributed by atoms with van der Waals surface area (Å²) >= 11 is 0. The quantitative estimate of drug-likeness (QED) is 0.687. The molecular weight excluding hydrogens is 284 g/mol. The van der Waals surface area contributed by atoms with Gasteiger partial charge in [0.05, 0.1) is 11.5 Å². The molecule has 1 aliphatic heterocycles. The highest BCUT2D eigenvalue weighted by Crippen LogP contribution is 2.19. The molecule has 8 nitrogen and oxygen atoms in total. The van der Waals surface area contributed by atoms with Gasteiger partial charge in [0.15, 0.2) is 5.82 Å². The summed E-state index contributed by atoms with van der Waals surface area (Å²) in [7, 11) is 0. The minimum absolute atomic E-state index is 0.000561. The van der Waals surface area contributed by atoms with Crippen molar-refractivity contribution in [1.29, 1.82) is 0 Å². The Morgan fingerprint density at radius 1 is 1.36 bits per heavy atom. The van der Waals surface area contributed by atoms with Crippen molar-refractivity contribution in [2.24, 2.45) is 0 Å². The number of pyridine rings is 1. The number of nitro groups is 1. The van der Waals surface area contributed by atoms with Gasteiger partial charge >= 0.3 is 0 Å². The highest BCUT2D eigenvalue weighted by molar-refractivity contribution is 5.48. The molecule has 8 heteroatoms. The fraction of sp³-hybridized carbons (Fsp3) is 0.500. The molecule has 0 aromatic carbocycles. The SMILES string of the molecule is Cc1cc([N+](=O)[O-])cnc1NCc1nnc2n1CCCCC2. The molecular formula is C14H18N6O2. The topological polar surface area (TPSA) is 98.8 Å². The lowest BCUT2D eigenvalue weighted by Gasteiger charge is -2.10. The Kier molecular flexibility index (Phi) is 3.99. The van der Waals surface area contributed by atoms with Crippen LogP contribution < -0.4 is 5.32 Å². The molecule has 1 N–H and O–H groups in total. The van der Waals surface area contributed by atoms with E-state index in [2.05, 4.69) is 25.1 Å². The first-order valence-electron chi connectivity index (χ1n) is 7.41. The molecule has 0 fully saturated rings. The molecule has 3 rings (SSSR count). The number of nitrogens with zero attached hydrogens (tertiary/aromatic N) is 5. The first-order valence-corrected chi connectivity index (χ1v) is 7.41. The van der Waals surface area contributed by atoms with Crippen LogP contribution in [0.2, 0.25) is 0 Å². The van der Waals surface area contributed by atoms with Crippen LogP contribution in [0.4, 0.5) is 11.5 Å². The molecule has 0 saturated carbocycles. The van der Waals surface area contributed by atoms with E-state index in [1.165, 1.54) is 18.7 Å². The summed E-state index contributed by atoms with van der Waals surface area (Å²) in [4.78, 5) is 14.4. The molecule has 1 aliphatic rings. The van der Waals surface area contributed by atoms with E-state index in [1.807, 2.05) is 0 Å². The predicted molar refractivity (Wildman–Crippen MR) is 80.5 cm³/mol. The van der Waals surface area contributed by atoms with Gasteiger partial charge in [-0.05, 0) is 25.3 Å². The maximum Gasteiger partial charge on any atom is 0.287 e. The molecule has 3 heterocycles. The number of anilines is 1. The van der Waals surface area contributed by atoms with Gasteiger partial charge in [-0.15, -0.1) is 10.2 Å². The normalized spacial score (nSPS) is 14.2. The number of aromatic nitrogens is 4. The molecule has 0 atom stereocenters. The van der Waals surface area contributed by atoms with Gasteiger partial charge in [-0.3, -0.25) is 10.1 Å². The van der Waals surface area contributed by atoms with Crippen LogP contribution >= 0.6 is 0 Å². The molecule has 0 unspecified atom stereocenters. The number of aryl methyl sites for hydroxylation is 2. The van der Waals surface area contributed by atoms with Crippen LogP contribution in [0.5, 0.6) is 0 Å². The van der Waals surface area contributed by atoms with Gasteiger partial charge < -0.3 is 9.88 Å². The Bertz CT molecular complexity index is 697. The lowest BCUT2D eigenvalue weighted by molar-refractivity contribution is -0.385. The van der Waals surface area contributed by atoms with Crippen LogP contribution in [-0.2, 0) is 19.5 Å². The van der Waals surface area contributed by atoms with Gasteiger partial charge in [0, 0.05) is 19.0 Å². The Balaban J connectivity index is 1.73. The average molecular weight is 302 g/mol. The lowest BCUT2D eigenvalue weighted by Crippen LogP contribution is -2.11. The van der Waals surface area contributed by atoms with Gasteiger partial charge in [-0.1, -0.05) is 6.42 Å². The Hall–Kier alpha value is -2.51.